The monoisotopic (exact) mass is 287 g/mol. The fourth-order valence-corrected chi connectivity index (χ4v) is 2.56. The SMILES string of the molecule is Oc1ccccc1Oc1c2ccccc2nc2ccccc12. The van der Waals surface area contributed by atoms with Crippen LogP contribution in [0.2, 0.25) is 0 Å². The Morgan fingerprint density at radius 1 is 0.682 bits per heavy atom. The molecule has 106 valence electrons. The molecule has 4 aromatic rings. The van der Waals surface area contributed by atoms with Gasteiger partial charge in [0.05, 0.1) is 11.0 Å². The number of aromatic hydroxyl groups is 1. The van der Waals surface area contributed by atoms with Crippen LogP contribution in [0.25, 0.3) is 21.8 Å². The molecule has 0 amide bonds. The molecule has 1 heterocycles. The minimum Gasteiger partial charge on any atom is -0.504 e. The first-order chi connectivity index (χ1) is 10.8. The minimum atomic E-state index is 0.118. The first-order valence-electron chi connectivity index (χ1n) is 7.06. The third-order valence-corrected chi connectivity index (χ3v) is 3.62. The molecule has 1 aromatic heterocycles. The molecule has 0 aliphatic carbocycles. The number of pyridine rings is 1. The van der Waals surface area contributed by atoms with Gasteiger partial charge in [0.2, 0.25) is 0 Å². The predicted molar refractivity (Wildman–Crippen MR) is 87.4 cm³/mol. The van der Waals surface area contributed by atoms with Crippen molar-refractivity contribution < 1.29 is 9.84 Å². The van der Waals surface area contributed by atoms with Crippen LogP contribution < -0.4 is 4.74 Å². The van der Waals surface area contributed by atoms with Crippen LogP contribution in [0.15, 0.2) is 72.8 Å². The summed E-state index contributed by atoms with van der Waals surface area (Å²) in [6.07, 6.45) is 0. The Kier molecular flexibility index (Phi) is 2.90. The Labute approximate surface area is 127 Å². The number of hydrogen-bond acceptors (Lipinski definition) is 3. The number of phenolic OH excluding ortho intramolecular Hbond substituents is 1. The Morgan fingerprint density at radius 2 is 1.23 bits per heavy atom. The summed E-state index contributed by atoms with van der Waals surface area (Å²) in [6.45, 7) is 0. The van der Waals surface area contributed by atoms with Crippen LogP contribution in [0.3, 0.4) is 0 Å². The maximum atomic E-state index is 9.98. The molecule has 0 spiro atoms. The molecule has 0 saturated carbocycles. The third-order valence-electron chi connectivity index (χ3n) is 3.62. The average Bonchev–Trinajstić information content (AvgIpc) is 2.56. The number of ether oxygens (including phenoxy) is 1. The largest absolute Gasteiger partial charge is 0.504 e. The molecule has 0 unspecified atom stereocenters. The standard InChI is InChI=1S/C19H13NO2/c21-17-11-5-6-12-18(17)22-19-13-7-1-3-9-15(13)20-16-10-4-2-8-14(16)19/h1-12,21H. The van der Waals surface area contributed by atoms with Crippen molar-refractivity contribution in [3.63, 3.8) is 0 Å². The second kappa shape index (κ2) is 5.04. The Bertz CT molecular complexity index is 925. The summed E-state index contributed by atoms with van der Waals surface area (Å²) in [7, 11) is 0. The quantitative estimate of drug-likeness (QED) is 0.534. The predicted octanol–water partition coefficient (Wildman–Crippen LogP) is 4.89. The normalized spacial score (nSPS) is 10.9. The minimum absolute atomic E-state index is 0.118. The van der Waals surface area contributed by atoms with Crippen molar-refractivity contribution >= 4 is 21.8 Å². The number of benzene rings is 3. The topological polar surface area (TPSA) is 42.4 Å². The van der Waals surface area contributed by atoms with E-state index in [4.69, 9.17) is 4.74 Å². The van der Waals surface area contributed by atoms with E-state index >= 15 is 0 Å². The molecule has 3 nitrogen and oxygen atoms in total. The molecule has 0 atom stereocenters. The summed E-state index contributed by atoms with van der Waals surface area (Å²) in [6, 6.07) is 22.6. The lowest BCUT2D eigenvalue weighted by molar-refractivity contribution is 0.415. The van der Waals surface area contributed by atoms with Crippen molar-refractivity contribution in [2.45, 2.75) is 0 Å². The van der Waals surface area contributed by atoms with Crippen molar-refractivity contribution in [2.75, 3.05) is 0 Å². The van der Waals surface area contributed by atoms with Gasteiger partial charge in [0, 0.05) is 10.8 Å². The maximum Gasteiger partial charge on any atom is 0.169 e. The van der Waals surface area contributed by atoms with Crippen LogP contribution in [0.4, 0.5) is 0 Å². The first kappa shape index (κ1) is 12.7. The highest BCUT2D eigenvalue weighted by atomic mass is 16.5. The van der Waals surface area contributed by atoms with Crippen LogP contribution >= 0.6 is 0 Å². The van der Waals surface area contributed by atoms with E-state index in [0.717, 1.165) is 21.8 Å². The zero-order valence-corrected chi connectivity index (χ0v) is 11.7. The van der Waals surface area contributed by atoms with Crippen molar-refractivity contribution in [1.82, 2.24) is 4.98 Å². The van der Waals surface area contributed by atoms with Crippen LogP contribution in [0, 0.1) is 0 Å². The molecular weight excluding hydrogens is 274 g/mol. The number of para-hydroxylation sites is 4. The van der Waals surface area contributed by atoms with Crippen LogP contribution in [0.5, 0.6) is 17.2 Å². The fourth-order valence-electron chi connectivity index (χ4n) is 2.56. The lowest BCUT2D eigenvalue weighted by Crippen LogP contribution is -1.91. The van der Waals surface area contributed by atoms with E-state index in [2.05, 4.69) is 4.98 Å². The van der Waals surface area contributed by atoms with E-state index in [1.807, 2.05) is 54.6 Å². The van der Waals surface area contributed by atoms with Gasteiger partial charge < -0.3 is 9.84 Å². The molecule has 1 N–H and O–H groups in total. The van der Waals surface area contributed by atoms with E-state index in [1.54, 1.807) is 18.2 Å². The summed E-state index contributed by atoms with van der Waals surface area (Å²) in [5.41, 5.74) is 1.73. The summed E-state index contributed by atoms with van der Waals surface area (Å²) in [5.74, 6) is 1.26. The number of nitrogens with zero attached hydrogens (tertiary/aromatic N) is 1. The second-order valence-corrected chi connectivity index (χ2v) is 5.05. The molecule has 0 aliphatic rings. The van der Waals surface area contributed by atoms with E-state index in [-0.39, 0.29) is 5.75 Å². The van der Waals surface area contributed by atoms with Crippen molar-refractivity contribution in [3.8, 4) is 17.2 Å². The molecule has 22 heavy (non-hydrogen) atoms. The molecule has 0 bridgehead atoms. The second-order valence-electron chi connectivity index (χ2n) is 5.05. The molecule has 3 aromatic carbocycles. The lowest BCUT2D eigenvalue weighted by Gasteiger charge is -2.13. The first-order valence-corrected chi connectivity index (χ1v) is 7.06. The molecule has 3 heteroatoms. The molecule has 0 fully saturated rings. The van der Waals surface area contributed by atoms with Crippen molar-refractivity contribution in [2.24, 2.45) is 0 Å². The van der Waals surface area contributed by atoms with Gasteiger partial charge in [-0.05, 0) is 36.4 Å². The zero-order valence-electron chi connectivity index (χ0n) is 11.7. The van der Waals surface area contributed by atoms with Crippen LogP contribution in [-0.2, 0) is 0 Å². The van der Waals surface area contributed by atoms with Gasteiger partial charge >= 0.3 is 0 Å². The van der Waals surface area contributed by atoms with Gasteiger partial charge in [-0.2, -0.15) is 0 Å². The van der Waals surface area contributed by atoms with Crippen LogP contribution in [-0.4, -0.2) is 10.1 Å². The number of rotatable bonds is 2. The van der Waals surface area contributed by atoms with Crippen LogP contribution in [0.1, 0.15) is 0 Å². The summed E-state index contributed by atoms with van der Waals surface area (Å²) in [4.78, 5) is 4.66. The Balaban J connectivity index is 2.02. The highest BCUT2D eigenvalue weighted by Gasteiger charge is 2.12. The molecule has 0 saturated heterocycles. The smallest absolute Gasteiger partial charge is 0.169 e. The van der Waals surface area contributed by atoms with E-state index < -0.39 is 0 Å². The number of fused-ring (bicyclic) bond motifs is 2. The van der Waals surface area contributed by atoms with Crippen molar-refractivity contribution in [1.29, 1.82) is 0 Å². The summed E-state index contributed by atoms with van der Waals surface area (Å²) >= 11 is 0. The van der Waals surface area contributed by atoms with E-state index in [0.29, 0.717) is 11.5 Å². The molecular formula is C19H13NO2. The van der Waals surface area contributed by atoms with Gasteiger partial charge in [0.1, 0.15) is 5.75 Å². The lowest BCUT2D eigenvalue weighted by atomic mass is 10.1. The Morgan fingerprint density at radius 3 is 1.86 bits per heavy atom. The van der Waals surface area contributed by atoms with Gasteiger partial charge in [0.15, 0.2) is 11.5 Å². The number of aromatic nitrogens is 1. The fraction of sp³-hybridized carbons (Fsp3) is 0. The summed E-state index contributed by atoms with van der Waals surface area (Å²) in [5, 5.41) is 11.8. The van der Waals surface area contributed by atoms with Gasteiger partial charge in [-0.3, -0.25) is 0 Å². The van der Waals surface area contributed by atoms with Gasteiger partial charge in [-0.1, -0.05) is 36.4 Å². The highest BCUT2D eigenvalue weighted by Crippen LogP contribution is 2.38. The van der Waals surface area contributed by atoms with Gasteiger partial charge in [0.25, 0.3) is 0 Å². The Hall–Kier alpha value is -3.07. The molecule has 4 rings (SSSR count). The summed E-state index contributed by atoms with van der Waals surface area (Å²) < 4.78 is 6.05. The van der Waals surface area contributed by atoms with E-state index in [1.165, 1.54) is 0 Å². The average molecular weight is 287 g/mol. The van der Waals surface area contributed by atoms with E-state index in [9.17, 15) is 5.11 Å². The molecule has 0 radical (unpaired) electrons. The molecule has 0 aliphatic heterocycles. The van der Waals surface area contributed by atoms with Gasteiger partial charge in [-0.15, -0.1) is 0 Å². The van der Waals surface area contributed by atoms with Gasteiger partial charge in [-0.25, -0.2) is 4.98 Å². The van der Waals surface area contributed by atoms with Crippen molar-refractivity contribution in [3.05, 3.63) is 72.8 Å². The number of hydrogen-bond donors (Lipinski definition) is 1. The third kappa shape index (κ3) is 2.04. The zero-order chi connectivity index (χ0) is 14.9. The maximum absolute atomic E-state index is 9.98. The highest BCUT2D eigenvalue weighted by molar-refractivity contribution is 6.01. The number of phenols is 1.